The molecule has 1 aliphatic rings. The number of esters is 1. The number of rotatable bonds is 3. The molecule has 0 aliphatic heterocycles. The predicted molar refractivity (Wildman–Crippen MR) is 112 cm³/mol. The van der Waals surface area contributed by atoms with E-state index in [0.717, 1.165) is 30.4 Å². The van der Waals surface area contributed by atoms with Gasteiger partial charge in [0.2, 0.25) is 5.82 Å². The lowest BCUT2D eigenvalue weighted by Crippen LogP contribution is -2.22. The van der Waals surface area contributed by atoms with E-state index in [0.29, 0.717) is 10.2 Å². The molecular weight excluding hydrogens is 418 g/mol. The van der Waals surface area contributed by atoms with Gasteiger partial charge in [0, 0.05) is 4.88 Å². The first-order chi connectivity index (χ1) is 13.4. The van der Waals surface area contributed by atoms with Gasteiger partial charge >= 0.3 is 11.9 Å². The fourth-order valence-electron chi connectivity index (χ4n) is 3.03. The SMILES string of the molecule is COC(=O)[C@@H](N)c1ccccc1.Cl.O=C(O)c1nc2sc3c(c2c(=O)[nH]1)CCC3. The van der Waals surface area contributed by atoms with E-state index in [2.05, 4.69) is 14.7 Å². The van der Waals surface area contributed by atoms with Crippen LogP contribution in [0, 0.1) is 0 Å². The normalized spacial score (nSPS) is 12.9. The molecule has 3 aromatic rings. The Bertz CT molecular complexity index is 1080. The van der Waals surface area contributed by atoms with Gasteiger partial charge in [-0.05, 0) is 30.4 Å². The number of hydrogen-bond donors (Lipinski definition) is 3. The van der Waals surface area contributed by atoms with Crippen molar-refractivity contribution in [1.82, 2.24) is 9.97 Å². The Kier molecular flexibility index (Phi) is 7.49. The summed E-state index contributed by atoms with van der Waals surface area (Å²) in [5, 5.41) is 9.37. The van der Waals surface area contributed by atoms with E-state index in [1.807, 2.05) is 18.2 Å². The molecule has 2 heterocycles. The summed E-state index contributed by atoms with van der Waals surface area (Å²) in [6.07, 6.45) is 2.93. The quantitative estimate of drug-likeness (QED) is 0.535. The van der Waals surface area contributed by atoms with E-state index in [1.54, 1.807) is 12.1 Å². The average molecular weight is 438 g/mol. The molecule has 0 saturated heterocycles. The lowest BCUT2D eigenvalue weighted by Gasteiger charge is -2.08. The summed E-state index contributed by atoms with van der Waals surface area (Å²) < 4.78 is 4.50. The zero-order chi connectivity index (χ0) is 20.3. The highest BCUT2D eigenvalue weighted by atomic mass is 35.5. The molecular formula is C19H20ClN3O5S. The molecule has 0 saturated carbocycles. The van der Waals surface area contributed by atoms with Gasteiger partial charge in [0.05, 0.1) is 12.5 Å². The maximum absolute atomic E-state index is 11.8. The molecule has 1 atom stereocenters. The lowest BCUT2D eigenvalue weighted by atomic mass is 10.1. The fraction of sp³-hybridized carbons (Fsp3) is 0.263. The van der Waals surface area contributed by atoms with Crippen molar-refractivity contribution in [2.75, 3.05) is 7.11 Å². The summed E-state index contributed by atoms with van der Waals surface area (Å²) in [5.41, 5.74) is 7.07. The molecule has 8 nitrogen and oxygen atoms in total. The molecule has 0 spiro atoms. The summed E-state index contributed by atoms with van der Waals surface area (Å²) >= 11 is 1.44. The van der Waals surface area contributed by atoms with Crippen molar-refractivity contribution in [3.8, 4) is 0 Å². The molecule has 0 unspecified atom stereocenters. The minimum absolute atomic E-state index is 0. The predicted octanol–water partition coefficient (Wildman–Crippen LogP) is 2.45. The van der Waals surface area contributed by atoms with Crippen molar-refractivity contribution < 1.29 is 19.4 Å². The van der Waals surface area contributed by atoms with Crippen LogP contribution in [-0.4, -0.2) is 34.1 Å². The third-order valence-electron chi connectivity index (χ3n) is 4.39. The lowest BCUT2D eigenvalue weighted by molar-refractivity contribution is -0.142. The van der Waals surface area contributed by atoms with E-state index < -0.39 is 18.0 Å². The van der Waals surface area contributed by atoms with E-state index in [4.69, 9.17) is 10.8 Å². The van der Waals surface area contributed by atoms with Gasteiger partial charge in [-0.1, -0.05) is 30.3 Å². The summed E-state index contributed by atoms with van der Waals surface area (Å²) in [4.78, 5) is 41.5. The number of ether oxygens (including phenoxy) is 1. The number of nitrogens with one attached hydrogen (secondary N) is 1. The number of aromatic carboxylic acids is 1. The van der Waals surface area contributed by atoms with Crippen LogP contribution in [0.5, 0.6) is 0 Å². The van der Waals surface area contributed by atoms with Gasteiger partial charge in [-0.3, -0.25) is 9.59 Å². The molecule has 0 amide bonds. The number of H-pyrrole nitrogens is 1. The Balaban J connectivity index is 0.000000209. The maximum Gasteiger partial charge on any atom is 0.372 e. The van der Waals surface area contributed by atoms with Crippen LogP contribution in [0.4, 0.5) is 0 Å². The van der Waals surface area contributed by atoms with Crippen molar-refractivity contribution >= 4 is 45.9 Å². The van der Waals surface area contributed by atoms with E-state index in [1.165, 1.54) is 23.3 Å². The van der Waals surface area contributed by atoms with Crippen molar-refractivity contribution in [1.29, 1.82) is 0 Å². The monoisotopic (exact) mass is 437 g/mol. The second kappa shape index (κ2) is 9.64. The first-order valence-electron chi connectivity index (χ1n) is 8.58. The average Bonchev–Trinajstić information content (AvgIpc) is 3.28. The van der Waals surface area contributed by atoms with Crippen LogP contribution in [0.15, 0.2) is 35.1 Å². The zero-order valence-electron chi connectivity index (χ0n) is 15.5. The Hall–Kier alpha value is -2.75. The Morgan fingerprint density at radius 1 is 1.28 bits per heavy atom. The Labute approximate surface area is 176 Å². The van der Waals surface area contributed by atoms with Crippen LogP contribution in [0.1, 0.15) is 39.1 Å². The van der Waals surface area contributed by atoms with Crippen molar-refractivity contribution in [2.24, 2.45) is 5.73 Å². The van der Waals surface area contributed by atoms with Crippen LogP contribution < -0.4 is 11.3 Å². The number of methoxy groups -OCH3 is 1. The number of carboxylic acid groups (broad SMARTS) is 1. The van der Waals surface area contributed by atoms with Gasteiger partial charge in [0.25, 0.3) is 5.56 Å². The number of carbonyl (C=O) groups excluding carboxylic acids is 1. The van der Waals surface area contributed by atoms with E-state index in [-0.39, 0.29) is 23.8 Å². The summed E-state index contributed by atoms with van der Waals surface area (Å²) in [6.45, 7) is 0. The molecule has 0 radical (unpaired) electrons. The zero-order valence-corrected chi connectivity index (χ0v) is 17.1. The first kappa shape index (κ1) is 22.5. The molecule has 1 aliphatic carbocycles. The van der Waals surface area contributed by atoms with Crippen LogP contribution >= 0.6 is 23.7 Å². The minimum atomic E-state index is -1.20. The topological polar surface area (TPSA) is 135 Å². The van der Waals surface area contributed by atoms with Gasteiger partial charge in [-0.2, -0.15) is 0 Å². The number of carboxylic acids is 1. The molecule has 29 heavy (non-hydrogen) atoms. The summed E-state index contributed by atoms with van der Waals surface area (Å²) in [5.74, 6) is -1.90. The van der Waals surface area contributed by atoms with Crippen molar-refractivity contribution in [3.05, 3.63) is 62.5 Å². The highest BCUT2D eigenvalue weighted by Gasteiger charge is 2.22. The smallest absolute Gasteiger partial charge is 0.372 e. The summed E-state index contributed by atoms with van der Waals surface area (Å²) in [7, 11) is 1.32. The number of aryl methyl sites for hydroxylation is 2. The molecule has 4 N–H and O–H groups in total. The largest absolute Gasteiger partial charge is 0.475 e. The maximum atomic E-state index is 11.8. The molecule has 10 heteroatoms. The highest BCUT2D eigenvalue weighted by molar-refractivity contribution is 7.18. The van der Waals surface area contributed by atoms with Gasteiger partial charge in [-0.15, -0.1) is 23.7 Å². The molecule has 154 valence electrons. The van der Waals surface area contributed by atoms with Crippen LogP contribution in [-0.2, 0) is 22.4 Å². The number of benzene rings is 1. The van der Waals surface area contributed by atoms with Gasteiger partial charge < -0.3 is 20.6 Å². The van der Waals surface area contributed by atoms with Gasteiger partial charge in [-0.25, -0.2) is 9.78 Å². The number of nitrogens with zero attached hydrogens (tertiary/aromatic N) is 1. The number of halogens is 1. The number of nitrogens with two attached hydrogens (primary N) is 1. The van der Waals surface area contributed by atoms with E-state index in [9.17, 15) is 14.4 Å². The molecule has 0 fully saturated rings. The van der Waals surface area contributed by atoms with Crippen LogP contribution in [0.25, 0.3) is 10.2 Å². The second-order valence-electron chi connectivity index (χ2n) is 6.17. The summed E-state index contributed by atoms with van der Waals surface area (Å²) in [6, 6.07) is 8.45. The van der Waals surface area contributed by atoms with Gasteiger partial charge in [0.15, 0.2) is 0 Å². The minimum Gasteiger partial charge on any atom is -0.475 e. The number of carbonyl (C=O) groups is 2. The molecule has 4 rings (SSSR count). The third-order valence-corrected chi connectivity index (χ3v) is 5.58. The highest BCUT2D eigenvalue weighted by Crippen LogP contribution is 2.34. The first-order valence-corrected chi connectivity index (χ1v) is 9.40. The number of thiophene rings is 1. The van der Waals surface area contributed by atoms with Gasteiger partial charge in [0.1, 0.15) is 10.9 Å². The standard InChI is InChI=1S/C10H8N2O3S.C9H11NO2.ClH/c13-8-6-4-2-1-3-5(4)16-9(6)12-7(11-8)10(14)15;1-12-9(11)8(10)7-5-3-2-4-6-7;/h1-3H2,(H,14,15)(H,11,12,13);2-6,8H,10H2,1H3;1H/t;8-;/m.0./s1. The number of aromatic nitrogens is 2. The third kappa shape index (κ3) is 4.81. The Morgan fingerprint density at radius 3 is 2.59 bits per heavy atom. The number of fused-ring (bicyclic) bond motifs is 3. The number of aromatic amines is 1. The van der Waals surface area contributed by atoms with Crippen molar-refractivity contribution in [2.45, 2.75) is 25.3 Å². The number of hydrogen-bond acceptors (Lipinski definition) is 7. The van der Waals surface area contributed by atoms with Crippen LogP contribution in [0.3, 0.4) is 0 Å². The molecule has 1 aromatic carbocycles. The Morgan fingerprint density at radius 2 is 1.97 bits per heavy atom. The fourth-order valence-corrected chi connectivity index (χ4v) is 4.29. The molecule has 0 bridgehead atoms. The van der Waals surface area contributed by atoms with Crippen molar-refractivity contribution in [3.63, 3.8) is 0 Å². The second-order valence-corrected chi connectivity index (χ2v) is 7.25. The molecule has 2 aromatic heterocycles. The van der Waals surface area contributed by atoms with E-state index >= 15 is 0 Å². The van der Waals surface area contributed by atoms with Crippen LogP contribution in [0.2, 0.25) is 0 Å².